The Labute approximate surface area is 158 Å². The number of nitrogens with zero attached hydrogens (tertiary/aromatic N) is 3. The molecular formula is C22H23N3O2. The van der Waals surface area contributed by atoms with Crippen LogP contribution >= 0.6 is 0 Å². The van der Waals surface area contributed by atoms with Crippen LogP contribution in [0.2, 0.25) is 0 Å². The molecule has 1 atom stereocenters. The van der Waals surface area contributed by atoms with Crippen molar-refractivity contribution >= 4 is 22.8 Å². The quantitative estimate of drug-likeness (QED) is 0.764. The summed E-state index contributed by atoms with van der Waals surface area (Å²) < 4.78 is 0. The van der Waals surface area contributed by atoms with E-state index in [4.69, 9.17) is 4.98 Å². The topological polar surface area (TPSA) is 66.3 Å². The number of rotatable bonds is 4. The molecule has 0 bridgehead atoms. The summed E-state index contributed by atoms with van der Waals surface area (Å²) in [6.45, 7) is 3.29. The molecule has 5 heteroatoms. The molecule has 0 saturated carbocycles. The Bertz CT molecular complexity index is 988. The van der Waals surface area contributed by atoms with E-state index in [2.05, 4.69) is 9.88 Å². The second kappa shape index (κ2) is 6.99. The number of anilines is 1. The van der Waals surface area contributed by atoms with E-state index in [0.717, 1.165) is 40.9 Å². The second-order valence-electron chi connectivity index (χ2n) is 7.43. The first-order valence-corrected chi connectivity index (χ1v) is 9.32. The van der Waals surface area contributed by atoms with Crippen LogP contribution in [0.1, 0.15) is 24.0 Å². The van der Waals surface area contributed by atoms with Crippen molar-refractivity contribution in [1.82, 2.24) is 9.97 Å². The molecule has 1 aliphatic heterocycles. The number of benzene rings is 2. The van der Waals surface area contributed by atoms with Gasteiger partial charge in [-0.1, -0.05) is 36.4 Å². The van der Waals surface area contributed by atoms with Gasteiger partial charge in [-0.25, -0.2) is 4.98 Å². The van der Waals surface area contributed by atoms with Gasteiger partial charge in [-0.15, -0.1) is 0 Å². The minimum Gasteiger partial charge on any atom is -0.481 e. The molecule has 1 aromatic heterocycles. The van der Waals surface area contributed by atoms with E-state index in [1.807, 2.05) is 55.5 Å². The van der Waals surface area contributed by atoms with Gasteiger partial charge in [-0.2, -0.15) is 0 Å². The van der Waals surface area contributed by atoms with E-state index in [0.29, 0.717) is 19.4 Å². The number of aliphatic carboxylic acids is 1. The van der Waals surface area contributed by atoms with Gasteiger partial charge < -0.3 is 10.0 Å². The van der Waals surface area contributed by atoms with Crippen molar-refractivity contribution in [2.45, 2.75) is 26.2 Å². The largest absolute Gasteiger partial charge is 0.481 e. The summed E-state index contributed by atoms with van der Waals surface area (Å²) in [5.74, 6) is 0.0213. The molecule has 1 fully saturated rings. The summed E-state index contributed by atoms with van der Waals surface area (Å²) in [7, 11) is 0. The monoisotopic (exact) mass is 361 g/mol. The van der Waals surface area contributed by atoms with Crippen LogP contribution in [0.5, 0.6) is 0 Å². The molecule has 0 radical (unpaired) electrons. The first kappa shape index (κ1) is 17.5. The molecule has 27 heavy (non-hydrogen) atoms. The molecule has 138 valence electrons. The molecule has 1 saturated heterocycles. The van der Waals surface area contributed by atoms with E-state index in [1.54, 1.807) is 6.20 Å². The lowest BCUT2D eigenvalue weighted by atomic mass is 9.74. The highest BCUT2D eigenvalue weighted by molar-refractivity contribution is 5.78. The number of hydrogen-bond acceptors (Lipinski definition) is 4. The van der Waals surface area contributed by atoms with Gasteiger partial charge in [0, 0.05) is 13.1 Å². The van der Waals surface area contributed by atoms with Crippen LogP contribution in [0, 0.1) is 12.3 Å². The predicted molar refractivity (Wildman–Crippen MR) is 106 cm³/mol. The molecule has 0 aliphatic carbocycles. The van der Waals surface area contributed by atoms with Crippen LogP contribution in [-0.2, 0) is 11.2 Å². The SMILES string of the molecule is Cc1ccccc1C[C@@]1(C(=O)O)CCCN(c2cnc3ccccc3n2)C1. The maximum Gasteiger partial charge on any atom is 0.311 e. The third-order valence-electron chi connectivity index (χ3n) is 5.58. The summed E-state index contributed by atoms with van der Waals surface area (Å²) in [5.41, 5.74) is 3.12. The highest BCUT2D eigenvalue weighted by atomic mass is 16.4. The maximum absolute atomic E-state index is 12.3. The zero-order valence-electron chi connectivity index (χ0n) is 15.4. The molecule has 0 amide bonds. The fourth-order valence-electron chi connectivity index (χ4n) is 3.99. The van der Waals surface area contributed by atoms with Gasteiger partial charge in [0.05, 0.1) is 22.6 Å². The van der Waals surface area contributed by atoms with E-state index in [-0.39, 0.29) is 0 Å². The van der Waals surface area contributed by atoms with Gasteiger partial charge in [-0.3, -0.25) is 9.78 Å². The zero-order valence-corrected chi connectivity index (χ0v) is 15.4. The third-order valence-corrected chi connectivity index (χ3v) is 5.58. The van der Waals surface area contributed by atoms with Crippen molar-refractivity contribution in [2.24, 2.45) is 5.41 Å². The van der Waals surface area contributed by atoms with E-state index < -0.39 is 11.4 Å². The maximum atomic E-state index is 12.3. The average Bonchev–Trinajstić information content (AvgIpc) is 2.69. The van der Waals surface area contributed by atoms with Crippen LogP contribution < -0.4 is 4.90 Å². The van der Waals surface area contributed by atoms with Gasteiger partial charge in [0.1, 0.15) is 5.82 Å². The molecule has 3 aromatic rings. The number of aryl methyl sites for hydroxylation is 1. The minimum absolute atomic E-state index is 0.448. The lowest BCUT2D eigenvalue weighted by molar-refractivity contribution is -0.149. The minimum atomic E-state index is -0.808. The number of para-hydroxylation sites is 2. The summed E-state index contributed by atoms with van der Waals surface area (Å²) in [6, 6.07) is 15.8. The molecule has 4 rings (SSSR count). The van der Waals surface area contributed by atoms with Crippen LogP contribution in [0.4, 0.5) is 5.82 Å². The first-order chi connectivity index (χ1) is 13.1. The number of carboxylic acid groups (broad SMARTS) is 1. The van der Waals surface area contributed by atoms with Crippen LogP contribution in [0.3, 0.4) is 0 Å². The number of carboxylic acids is 1. The Morgan fingerprint density at radius 2 is 1.89 bits per heavy atom. The van der Waals surface area contributed by atoms with Gasteiger partial charge in [-0.05, 0) is 49.4 Å². The predicted octanol–water partition coefficient (Wildman–Crippen LogP) is 3.85. The van der Waals surface area contributed by atoms with Crippen LogP contribution in [0.25, 0.3) is 11.0 Å². The number of aromatic nitrogens is 2. The lowest BCUT2D eigenvalue weighted by Gasteiger charge is -2.40. The lowest BCUT2D eigenvalue weighted by Crippen LogP contribution is -2.49. The standard InChI is InChI=1S/C22H23N3O2/c1-16-7-2-3-8-17(16)13-22(21(26)27)11-6-12-25(15-22)20-14-23-18-9-4-5-10-19(18)24-20/h2-5,7-10,14H,6,11-13,15H2,1H3,(H,26,27)/t22-/m0/s1. The fourth-order valence-corrected chi connectivity index (χ4v) is 3.99. The highest BCUT2D eigenvalue weighted by Crippen LogP contribution is 2.36. The number of hydrogen-bond donors (Lipinski definition) is 1. The van der Waals surface area contributed by atoms with E-state index in [9.17, 15) is 9.90 Å². The van der Waals surface area contributed by atoms with Crippen molar-refractivity contribution in [3.63, 3.8) is 0 Å². The fraction of sp³-hybridized carbons (Fsp3) is 0.318. The van der Waals surface area contributed by atoms with Gasteiger partial charge in [0.15, 0.2) is 0 Å². The molecular weight excluding hydrogens is 338 g/mol. The smallest absolute Gasteiger partial charge is 0.311 e. The van der Waals surface area contributed by atoms with Crippen molar-refractivity contribution in [2.75, 3.05) is 18.0 Å². The van der Waals surface area contributed by atoms with E-state index >= 15 is 0 Å². The highest BCUT2D eigenvalue weighted by Gasteiger charge is 2.43. The number of piperidine rings is 1. The normalized spacial score (nSPS) is 20.0. The van der Waals surface area contributed by atoms with Crippen molar-refractivity contribution < 1.29 is 9.90 Å². The molecule has 0 unspecified atom stereocenters. The number of carbonyl (C=O) groups is 1. The van der Waals surface area contributed by atoms with Crippen LogP contribution in [-0.4, -0.2) is 34.1 Å². The molecule has 5 nitrogen and oxygen atoms in total. The molecule has 2 heterocycles. The van der Waals surface area contributed by atoms with Crippen molar-refractivity contribution in [3.8, 4) is 0 Å². The summed E-state index contributed by atoms with van der Waals surface area (Å²) in [5, 5.41) is 10.1. The molecule has 2 aromatic carbocycles. The summed E-state index contributed by atoms with van der Waals surface area (Å²) >= 11 is 0. The van der Waals surface area contributed by atoms with Gasteiger partial charge in [0.2, 0.25) is 0 Å². The Morgan fingerprint density at radius 1 is 1.15 bits per heavy atom. The van der Waals surface area contributed by atoms with Gasteiger partial charge in [0.25, 0.3) is 0 Å². The van der Waals surface area contributed by atoms with Crippen molar-refractivity contribution in [3.05, 3.63) is 65.9 Å². The Kier molecular flexibility index (Phi) is 4.52. The average molecular weight is 361 g/mol. The Balaban J connectivity index is 1.65. The van der Waals surface area contributed by atoms with Gasteiger partial charge >= 0.3 is 5.97 Å². The summed E-state index contributed by atoms with van der Waals surface area (Å²) in [4.78, 5) is 23.6. The first-order valence-electron chi connectivity index (χ1n) is 9.32. The third kappa shape index (κ3) is 3.37. The molecule has 1 aliphatic rings. The van der Waals surface area contributed by atoms with Crippen LogP contribution in [0.15, 0.2) is 54.7 Å². The second-order valence-corrected chi connectivity index (χ2v) is 7.43. The Morgan fingerprint density at radius 3 is 2.67 bits per heavy atom. The van der Waals surface area contributed by atoms with Crippen molar-refractivity contribution in [1.29, 1.82) is 0 Å². The molecule has 0 spiro atoms. The zero-order chi connectivity index (χ0) is 18.9. The number of fused-ring (bicyclic) bond motifs is 1. The summed E-state index contributed by atoms with van der Waals surface area (Å²) in [6.07, 6.45) is 3.79. The Hall–Kier alpha value is -2.95. The van der Waals surface area contributed by atoms with E-state index in [1.165, 1.54) is 0 Å². The molecule has 1 N–H and O–H groups in total.